The number of carbonyl (C=O) groups excluding carboxylic acids is 3. The van der Waals surface area contributed by atoms with Gasteiger partial charge in [0.2, 0.25) is 0 Å². The van der Waals surface area contributed by atoms with Gasteiger partial charge in [-0.1, -0.05) is 22.4 Å². The number of nitrogens with one attached hydrogen (secondary N) is 3. The van der Waals surface area contributed by atoms with Crippen LogP contribution in [0.2, 0.25) is 0 Å². The Morgan fingerprint density at radius 3 is 1.53 bits per heavy atom. The molecular weight excluding hydrogens is 684 g/mol. The number of rotatable bonds is 6. The van der Waals surface area contributed by atoms with E-state index in [1.165, 1.54) is 0 Å². The fourth-order valence-electron chi connectivity index (χ4n) is 5.92. The number of carboxylic acids is 1. The van der Waals surface area contributed by atoms with Crippen molar-refractivity contribution < 1.29 is 44.2 Å². The van der Waals surface area contributed by atoms with Crippen molar-refractivity contribution in [3.63, 3.8) is 0 Å². The largest absolute Gasteiger partial charge is 0.478 e. The number of carboxylic acid groups (broad SMARTS) is 1. The smallest absolute Gasteiger partial charge is 0.408 e. The van der Waals surface area contributed by atoms with E-state index < -0.39 is 29.4 Å². The highest BCUT2D eigenvalue weighted by atomic mass is 16.6. The number of ether oxygens (including phenoxy) is 2. The first kappa shape index (κ1) is 40.4. The van der Waals surface area contributed by atoms with E-state index >= 15 is 0 Å². The van der Waals surface area contributed by atoms with Crippen LogP contribution in [-0.4, -0.2) is 62.5 Å². The summed E-state index contributed by atoms with van der Waals surface area (Å²) in [7, 11) is 0. The zero-order valence-electron chi connectivity index (χ0n) is 31.2. The van der Waals surface area contributed by atoms with Crippen LogP contribution < -0.4 is 21.7 Å². The number of amidine groups is 2. The third-order valence-electron chi connectivity index (χ3n) is 8.76. The van der Waals surface area contributed by atoms with E-state index in [4.69, 9.17) is 30.7 Å². The Morgan fingerprint density at radius 2 is 1.15 bits per heavy atom. The van der Waals surface area contributed by atoms with Gasteiger partial charge in [0.1, 0.15) is 17.0 Å². The summed E-state index contributed by atoms with van der Waals surface area (Å²) in [5.41, 5.74) is 8.90. The molecule has 0 heterocycles. The van der Waals surface area contributed by atoms with E-state index in [1.807, 2.05) is 53.7 Å². The Hall–Kier alpha value is -5.34. The van der Waals surface area contributed by atoms with Gasteiger partial charge in [0.15, 0.2) is 5.84 Å². The predicted octanol–water partition coefficient (Wildman–Crippen LogP) is 6.17. The summed E-state index contributed by atoms with van der Waals surface area (Å²) in [4.78, 5) is 47.1. The first-order valence-corrected chi connectivity index (χ1v) is 17.9. The summed E-state index contributed by atoms with van der Waals surface area (Å²) < 4.78 is 10.5. The number of alkyl carbamates (subject to hydrolysis) is 2. The van der Waals surface area contributed by atoms with Crippen molar-refractivity contribution >= 4 is 35.7 Å². The topological polar surface area (TPSA) is 234 Å². The quantitative estimate of drug-likeness (QED) is 0.0771. The van der Waals surface area contributed by atoms with Crippen LogP contribution >= 0.6 is 0 Å². The molecule has 6 rings (SSSR count). The Bertz CT molecular complexity index is 1740. The molecule has 4 aliphatic carbocycles. The lowest BCUT2D eigenvalue weighted by atomic mass is 10.0. The average Bonchev–Trinajstić information content (AvgIpc) is 4.02. The summed E-state index contributed by atoms with van der Waals surface area (Å²) in [5.74, 6) is 0.0538. The van der Waals surface area contributed by atoms with Crippen LogP contribution in [0.5, 0.6) is 0 Å². The van der Waals surface area contributed by atoms with Crippen molar-refractivity contribution in [2.45, 2.75) is 116 Å². The first-order chi connectivity index (χ1) is 24.9. The molecule has 3 amide bonds. The molecule has 0 spiro atoms. The predicted molar refractivity (Wildman–Crippen MR) is 196 cm³/mol. The zero-order valence-corrected chi connectivity index (χ0v) is 31.2. The van der Waals surface area contributed by atoms with Crippen molar-refractivity contribution in [3.05, 3.63) is 69.8 Å². The van der Waals surface area contributed by atoms with E-state index in [0.29, 0.717) is 23.2 Å². The molecule has 0 radical (unpaired) electrons. The second kappa shape index (κ2) is 17.0. The van der Waals surface area contributed by atoms with Crippen LogP contribution in [-0.2, 0) is 22.3 Å². The van der Waals surface area contributed by atoms with Crippen molar-refractivity contribution in [1.29, 1.82) is 0 Å². The zero-order chi connectivity index (χ0) is 39.1. The van der Waals surface area contributed by atoms with E-state index in [9.17, 15) is 19.2 Å². The number of hydrogen-bond acceptors (Lipinski definition) is 10. The van der Waals surface area contributed by atoms with Gasteiger partial charge in [-0.3, -0.25) is 4.79 Å². The second-order valence-electron chi connectivity index (χ2n) is 15.6. The van der Waals surface area contributed by atoms with E-state index in [0.717, 1.165) is 73.6 Å². The standard InChI is InChI=1S/C19H25N3O4.C15H19NO4.C4H8N2O/c1-19(2,3)26-18(24)20-15-9-7-12-10-13(6-8-14(12)15)17(23)21-16(22-25)11-4-5-11;1-15(2,3)20-14(19)16-12-7-5-9-8-10(13(17)18)4-6-11(9)12;5-4(6-7)3-1-2-3/h6,8,10-11,15,25H,4-5,7,9H2,1-3H3,(H,20,24)(H,21,22,23);4,6,8,12H,5,7H2,1-3H3,(H,16,19)(H,17,18);3,7H,1-2H2,(H2,5,6)/t15-;12-;/m11./s1. The number of amides is 3. The molecule has 2 fully saturated rings. The lowest BCUT2D eigenvalue weighted by molar-refractivity contribution is 0.0492. The minimum absolute atomic E-state index is 0.109. The monoisotopic (exact) mass is 736 g/mol. The Morgan fingerprint density at radius 1 is 0.698 bits per heavy atom. The number of benzene rings is 2. The van der Waals surface area contributed by atoms with Crippen LogP contribution in [0, 0.1) is 11.8 Å². The molecule has 4 aliphatic rings. The molecule has 0 aromatic heterocycles. The number of aryl methyl sites for hydroxylation is 2. The minimum Gasteiger partial charge on any atom is -0.478 e. The molecule has 2 saturated carbocycles. The van der Waals surface area contributed by atoms with Crippen LogP contribution in [0.15, 0.2) is 46.7 Å². The molecule has 15 heteroatoms. The molecule has 8 N–H and O–H groups in total. The van der Waals surface area contributed by atoms with Gasteiger partial charge in [-0.05, 0) is 139 Å². The number of fused-ring (bicyclic) bond motifs is 2. The van der Waals surface area contributed by atoms with E-state index in [1.54, 1.807) is 24.3 Å². The highest BCUT2D eigenvalue weighted by Crippen LogP contribution is 2.34. The molecule has 288 valence electrons. The Labute approximate surface area is 309 Å². The van der Waals surface area contributed by atoms with E-state index in [2.05, 4.69) is 26.3 Å². The number of carbonyl (C=O) groups is 4. The highest BCUT2D eigenvalue weighted by Gasteiger charge is 2.31. The van der Waals surface area contributed by atoms with Gasteiger partial charge in [-0.15, -0.1) is 0 Å². The number of hydrogen-bond donors (Lipinski definition) is 7. The molecule has 0 aliphatic heterocycles. The van der Waals surface area contributed by atoms with Crippen LogP contribution in [0.25, 0.3) is 0 Å². The van der Waals surface area contributed by atoms with Gasteiger partial charge in [0.05, 0.1) is 17.6 Å². The van der Waals surface area contributed by atoms with Crippen molar-refractivity contribution in [2.75, 3.05) is 0 Å². The SMILES string of the molecule is CC(C)(C)OC(=O)N[C@@H]1CCc2cc(C(=O)N/C(=N\O)C3CC3)ccc21.CC(C)(C)OC(=O)N[C@@H]1CCc2cc(C(=O)O)ccc21.N/C(=N\O)C1CC1. The molecular formula is C38H52N6O9. The molecule has 0 unspecified atom stereocenters. The number of nitrogens with zero attached hydrogens (tertiary/aromatic N) is 2. The van der Waals surface area contributed by atoms with Crippen LogP contribution in [0.4, 0.5) is 9.59 Å². The summed E-state index contributed by atoms with van der Waals surface area (Å²) in [6.45, 7) is 10.9. The molecule has 2 atom stereocenters. The van der Waals surface area contributed by atoms with Crippen molar-refractivity contribution in [3.8, 4) is 0 Å². The first-order valence-electron chi connectivity index (χ1n) is 17.9. The maximum atomic E-state index is 12.4. The number of aromatic carboxylic acids is 1. The van der Waals surface area contributed by atoms with Crippen LogP contribution in [0.3, 0.4) is 0 Å². The highest BCUT2D eigenvalue weighted by molar-refractivity contribution is 6.07. The molecule has 0 bridgehead atoms. The second-order valence-corrected chi connectivity index (χ2v) is 15.6. The minimum atomic E-state index is -0.934. The normalized spacial score (nSPS) is 19.2. The van der Waals surface area contributed by atoms with Crippen LogP contribution in [0.1, 0.15) is 135 Å². The molecule has 2 aromatic rings. The lowest BCUT2D eigenvalue weighted by Gasteiger charge is -2.22. The molecule has 2 aromatic carbocycles. The number of oxime groups is 2. The number of nitrogens with two attached hydrogens (primary N) is 1. The van der Waals surface area contributed by atoms with Gasteiger partial charge in [-0.25, -0.2) is 14.4 Å². The molecule has 0 saturated heterocycles. The third kappa shape index (κ3) is 12.4. The van der Waals surface area contributed by atoms with Gasteiger partial charge in [0.25, 0.3) is 5.91 Å². The Kier molecular flexibility index (Phi) is 13.0. The maximum Gasteiger partial charge on any atom is 0.408 e. The average molecular weight is 737 g/mol. The maximum absolute atomic E-state index is 12.4. The van der Waals surface area contributed by atoms with Gasteiger partial charge < -0.3 is 46.7 Å². The van der Waals surface area contributed by atoms with Gasteiger partial charge >= 0.3 is 18.2 Å². The molecule has 53 heavy (non-hydrogen) atoms. The van der Waals surface area contributed by atoms with Gasteiger partial charge in [-0.2, -0.15) is 0 Å². The summed E-state index contributed by atoms with van der Waals surface area (Å²) in [5, 5.41) is 40.4. The van der Waals surface area contributed by atoms with E-state index in [-0.39, 0.29) is 29.5 Å². The third-order valence-corrected chi connectivity index (χ3v) is 8.76. The molecule has 15 nitrogen and oxygen atoms in total. The summed E-state index contributed by atoms with van der Waals surface area (Å²) in [6.07, 6.45) is 6.23. The summed E-state index contributed by atoms with van der Waals surface area (Å²) >= 11 is 0. The van der Waals surface area contributed by atoms with Crippen molar-refractivity contribution in [1.82, 2.24) is 16.0 Å². The van der Waals surface area contributed by atoms with Crippen molar-refractivity contribution in [2.24, 2.45) is 27.9 Å². The van der Waals surface area contributed by atoms with Gasteiger partial charge in [0, 0.05) is 17.4 Å². The Balaban J connectivity index is 0.000000204. The fraction of sp³-hybridized carbons (Fsp3) is 0.526. The fourth-order valence-corrected chi connectivity index (χ4v) is 5.92. The summed E-state index contributed by atoms with van der Waals surface area (Å²) in [6, 6.07) is 10.2. The lowest BCUT2D eigenvalue weighted by Crippen LogP contribution is -2.34.